The van der Waals surface area contributed by atoms with Crippen LogP contribution in [-0.2, 0) is 6.42 Å². The van der Waals surface area contributed by atoms with E-state index in [0.29, 0.717) is 18.6 Å². The summed E-state index contributed by atoms with van der Waals surface area (Å²) in [5.41, 5.74) is 0.962. The largest absolute Gasteiger partial charge is 0.492 e. The molecule has 1 aromatic rings. The number of hydrogen-bond donors (Lipinski definition) is 0. The van der Waals surface area contributed by atoms with Crippen LogP contribution in [0.4, 0.5) is 4.39 Å². The van der Waals surface area contributed by atoms with Gasteiger partial charge in [0.25, 0.3) is 0 Å². The Hall–Kier alpha value is -1.38. The normalized spacial score (nSPS) is 13.8. The summed E-state index contributed by atoms with van der Waals surface area (Å²) in [5, 5.41) is 0. The molecule has 2 rings (SSSR count). The van der Waals surface area contributed by atoms with Gasteiger partial charge in [0.15, 0.2) is 6.29 Å². The molecule has 0 spiro atoms. The molecule has 0 saturated carbocycles. The van der Waals surface area contributed by atoms with E-state index in [1.165, 1.54) is 6.07 Å². The summed E-state index contributed by atoms with van der Waals surface area (Å²) in [6.45, 7) is 0.541. The van der Waals surface area contributed by atoms with Gasteiger partial charge in [0, 0.05) is 6.42 Å². The number of benzene rings is 1. The molecule has 1 aromatic carbocycles. The quantitative estimate of drug-likeness (QED) is 0.592. The first-order valence-electron chi connectivity index (χ1n) is 3.72. The van der Waals surface area contributed by atoms with Crippen LogP contribution in [0.25, 0.3) is 0 Å². The van der Waals surface area contributed by atoms with Crippen molar-refractivity contribution in [3.05, 3.63) is 29.1 Å². The Labute approximate surface area is 69.0 Å². The van der Waals surface area contributed by atoms with E-state index in [4.69, 9.17) is 4.74 Å². The highest BCUT2D eigenvalue weighted by molar-refractivity contribution is 5.81. The number of fused-ring (bicyclic) bond motifs is 1. The number of hydrogen-bond acceptors (Lipinski definition) is 2. The van der Waals surface area contributed by atoms with Crippen molar-refractivity contribution in [1.82, 2.24) is 0 Å². The molecule has 0 saturated heterocycles. The van der Waals surface area contributed by atoms with Gasteiger partial charge in [-0.15, -0.1) is 0 Å². The van der Waals surface area contributed by atoms with Crippen LogP contribution in [0.3, 0.4) is 0 Å². The highest BCUT2D eigenvalue weighted by Crippen LogP contribution is 2.29. The van der Waals surface area contributed by atoms with Gasteiger partial charge in [-0.05, 0) is 11.6 Å². The lowest BCUT2D eigenvalue weighted by molar-refractivity contribution is 0.111. The van der Waals surface area contributed by atoms with Crippen LogP contribution in [0.5, 0.6) is 5.75 Å². The fourth-order valence-electron chi connectivity index (χ4n) is 1.36. The zero-order valence-corrected chi connectivity index (χ0v) is 6.34. The van der Waals surface area contributed by atoms with Crippen molar-refractivity contribution in [1.29, 1.82) is 0 Å². The lowest BCUT2D eigenvalue weighted by Gasteiger charge is -2.02. The average Bonchev–Trinajstić information content (AvgIpc) is 2.52. The minimum Gasteiger partial charge on any atom is -0.492 e. The van der Waals surface area contributed by atoms with E-state index in [1.54, 1.807) is 6.07 Å². The minimum absolute atomic E-state index is 0.0463. The number of carbonyl (C=O) groups excluding carboxylic acids is 1. The topological polar surface area (TPSA) is 26.3 Å². The summed E-state index contributed by atoms with van der Waals surface area (Å²) >= 11 is 0. The highest BCUT2D eigenvalue weighted by atomic mass is 19.1. The van der Waals surface area contributed by atoms with Gasteiger partial charge < -0.3 is 4.74 Å². The second-order valence-corrected chi connectivity index (χ2v) is 2.67. The zero-order valence-electron chi connectivity index (χ0n) is 6.34. The Morgan fingerprint density at radius 2 is 2.33 bits per heavy atom. The van der Waals surface area contributed by atoms with E-state index in [9.17, 15) is 9.18 Å². The smallest absolute Gasteiger partial charge is 0.156 e. The van der Waals surface area contributed by atoms with Crippen molar-refractivity contribution < 1.29 is 13.9 Å². The van der Waals surface area contributed by atoms with Gasteiger partial charge in [0.05, 0.1) is 12.2 Å². The SMILES string of the molecule is O=Cc1c(F)ccc2c1OCC2. The standard InChI is InChI=1S/C9H7FO2/c10-8-2-1-6-3-4-12-9(6)7(8)5-11/h1-2,5H,3-4H2. The molecule has 3 heteroatoms. The van der Waals surface area contributed by atoms with Crippen LogP contribution in [0.2, 0.25) is 0 Å². The van der Waals surface area contributed by atoms with Crippen LogP contribution >= 0.6 is 0 Å². The molecule has 62 valence electrons. The minimum atomic E-state index is -0.509. The first-order chi connectivity index (χ1) is 5.83. The number of aldehydes is 1. The van der Waals surface area contributed by atoms with E-state index in [1.807, 2.05) is 0 Å². The molecule has 0 fully saturated rings. The van der Waals surface area contributed by atoms with E-state index in [0.717, 1.165) is 12.0 Å². The van der Waals surface area contributed by atoms with Crippen molar-refractivity contribution in [2.75, 3.05) is 6.61 Å². The van der Waals surface area contributed by atoms with E-state index < -0.39 is 5.82 Å². The number of rotatable bonds is 1. The fraction of sp³-hybridized carbons (Fsp3) is 0.222. The second kappa shape index (κ2) is 2.59. The molecule has 0 radical (unpaired) electrons. The molecule has 2 nitrogen and oxygen atoms in total. The third kappa shape index (κ3) is 0.897. The Morgan fingerprint density at radius 3 is 3.08 bits per heavy atom. The van der Waals surface area contributed by atoms with E-state index in [-0.39, 0.29) is 5.56 Å². The van der Waals surface area contributed by atoms with Crippen molar-refractivity contribution in [3.63, 3.8) is 0 Å². The van der Waals surface area contributed by atoms with Crippen molar-refractivity contribution in [2.45, 2.75) is 6.42 Å². The maximum atomic E-state index is 12.9. The molecule has 1 aliphatic heterocycles. The van der Waals surface area contributed by atoms with Gasteiger partial charge in [-0.2, -0.15) is 0 Å². The Morgan fingerprint density at radius 1 is 1.50 bits per heavy atom. The van der Waals surface area contributed by atoms with Gasteiger partial charge in [-0.1, -0.05) is 6.07 Å². The maximum absolute atomic E-state index is 12.9. The van der Waals surface area contributed by atoms with Crippen LogP contribution < -0.4 is 4.74 Å². The first-order valence-corrected chi connectivity index (χ1v) is 3.72. The molecular formula is C9H7FO2. The third-order valence-electron chi connectivity index (χ3n) is 1.96. The average molecular weight is 166 g/mol. The van der Waals surface area contributed by atoms with Crippen LogP contribution in [-0.4, -0.2) is 12.9 Å². The van der Waals surface area contributed by atoms with Crippen LogP contribution in [0.1, 0.15) is 15.9 Å². The van der Waals surface area contributed by atoms with Gasteiger partial charge in [-0.3, -0.25) is 4.79 Å². The molecule has 0 aliphatic carbocycles. The number of carbonyl (C=O) groups is 1. The van der Waals surface area contributed by atoms with Crippen molar-refractivity contribution in [2.24, 2.45) is 0 Å². The lowest BCUT2D eigenvalue weighted by Crippen LogP contribution is -1.93. The molecule has 0 amide bonds. The van der Waals surface area contributed by atoms with Gasteiger partial charge in [-0.25, -0.2) is 4.39 Å². The summed E-state index contributed by atoms with van der Waals surface area (Å²) in [6.07, 6.45) is 1.26. The maximum Gasteiger partial charge on any atom is 0.156 e. The summed E-state index contributed by atoms with van der Waals surface area (Å²) in [6, 6.07) is 2.96. The summed E-state index contributed by atoms with van der Waals surface area (Å²) < 4.78 is 18.1. The number of halogens is 1. The fourth-order valence-corrected chi connectivity index (χ4v) is 1.36. The van der Waals surface area contributed by atoms with Gasteiger partial charge in [0.2, 0.25) is 0 Å². The van der Waals surface area contributed by atoms with Crippen LogP contribution in [0.15, 0.2) is 12.1 Å². The summed E-state index contributed by atoms with van der Waals surface area (Å²) in [7, 11) is 0. The summed E-state index contributed by atoms with van der Waals surface area (Å²) in [5.74, 6) is -0.0874. The Balaban J connectivity index is 2.65. The van der Waals surface area contributed by atoms with Crippen molar-refractivity contribution in [3.8, 4) is 5.75 Å². The molecule has 12 heavy (non-hydrogen) atoms. The Bertz CT molecular complexity index is 334. The molecular weight excluding hydrogens is 159 g/mol. The first kappa shape index (κ1) is 7.28. The zero-order chi connectivity index (χ0) is 8.55. The molecule has 0 bridgehead atoms. The number of ether oxygens (including phenoxy) is 1. The predicted molar refractivity (Wildman–Crippen MR) is 41.0 cm³/mol. The molecule has 1 aliphatic rings. The van der Waals surface area contributed by atoms with E-state index in [2.05, 4.69) is 0 Å². The third-order valence-corrected chi connectivity index (χ3v) is 1.96. The predicted octanol–water partition coefficient (Wildman–Crippen LogP) is 1.57. The van der Waals surface area contributed by atoms with Gasteiger partial charge >= 0.3 is 0 Å². The van der Waals surface area contributed by atoms with E-state index >= 15 is 0 Å². The van der Waals surface area contributed by atoms with Crippen LogP contribution in [0, 0.1) is 5.82 Å². The Kier molecular flexibility index (Phi) is 1.57. The highest BCUT2D eigenvalue weighted by Gasteiger charge is 2.18. The molecule has 0 aromatic heterocycles. The molecule has 0 N–H and O–H groups in total. The summed E-state index contributed by atoms with van der Waals surface area (Å²) in [4.78, 5) is 10.5. The molecule has 0 unspecified atom stereocenters. The van der Waals surface area contributed by atoms with Crippen molar-refractivity contribution >= 4 is 6.29 Å². The monoisotopic (exact) mass is 166 g/mol. The molecule has 1 heterocycles. The lowest BCUT2D eigenvalue weighted by atomic mass is 10.1. The second-order valence-electron chi connectivity index (χ2n) is 2.67. The molecule has 0 atom stereocenters. The van der Waals surface area contributed by atoms with Gasteiger partial charge in [0.1, 0.15) is 11.6 Å².